The lowest BCUT2D eigenvalue weighted by atomic mass is 10.0. The van der Waals surface area contributed by atoms with Crippen molar-refractivity contribution in [3.8, 4) is 0 Å². The van der Waals surface area contributed by atoms with E-state index in [1.807, 2.05) is 13.8 Å². The summed E-state index contributed by atoms with van der Waals surface area (Å²) in [5, 5.41) is 11.9. The Morgan fingerprint density at radius 1 is 1.32 bits per heavy atom. The standard InChI is InChI=1S/C11H24N4O3S/c1-11(2,10(12)13-16)15-6-4-14(5-7-15)8-9-19(3,17)18/h16H,4-9H2,1-3H3,(H2,12,13). The minimum absolute atomic E-state index is 0.191. The zero-order valence-corrected chi connectivity index (χ0v) is 12.7. The highest BCUT2D eigenvalue weighted by Crippen LogP contribution is 2.17. The van der Waals surface area contributed by atoms with Gasteiger partial charge in [0, 0.05) is 39.0 Å². The molecular formula is C11H24N4O3S. The van der Waals surface area contributed by atoms with E-state index in [0.29, 0.717) is 6.54 Å². The molecule has 0 spiro atoms. The van der Waals surface area contributed by atoms with Gasteiger partial charge in [-0.3, -0.25) is 9.80 Å². The van der Waals surface area contributed by atoms with Crippen molar-refractivity contribution in [2.75, 3.05) is 44.7 Å². The van der Waals surface area contributed by atoms with Crippen molar-refractivity contribution in [1.29, 1.82) is 0 Å². The van der Waals surface area contributed by atoms with Gasteiger partial charge in [0.25, 0.3) is 0 Å². The Kier molecular flexibility index (Phi) is 5.17. The Labute approximate surface area is 115 Å². The number of amidine groups is 1. The van der Waals surface area contributed by atoms with E-state index >= 15 is 0 Å². The molecule has 0 aromatic carbocycles. The third-order valence-corrected chi connectivity index (χ3v) is 4.60. The topological polar surface area (TPSA) is 99.2 Å². The highest BCUT2D eigenvalue weighted by atomic mass is 32.2. The van der Waals surface area contributed by atoms with Crippen LogP contribution < -0.4 is 5.73 Å². The number of oxime groups is 1. The maximum Gasteiger partial charge on any atom is 0.159 e. The number of nitrogens with two attached hydrogens (primary N) is 1. The van der Waals surface area contributed by atoms with Gasteiger partial charge in [-0.2, -0.15) is 0 Å². The summed E-state index contributed by atoms with van der Waals surface area (Å²) in [5.41, 5.74) is 5.21. The first-order valence-corrected chi connectivity index (χ1v) is 8.36. The molecule has 0 atom stereocenters. The van der Waals surface area contributed by atoms with E-state index in [2.05, 4.69) is 15.0 Å². The highest BCUT2D eigenvalue weighted by Gasteiger charge is 2.33. The Hall–Kier alpha value is -0.860. The molecule has 1 saturated heterocycles. The summed E-state index contributed by atoms with van der Waals surface area (Å²) in [6.07, 6.45) is 1.25. The second-order valence-corrected chi connectivity index (χ2v) is 7.76. The van der Waals surface area contributed by atoms with Crippen LogP contribution in [-0.2, 0) is 9.84 Å². The molecule has 1 rings (SSSR count). The fraction of sp³-hybridized carbons (Fsp3) is 0.909. The molecular weight excluding hydrogens is 268 g/mol. The molecule has 0 aliphatic carbocycles. The second-order valence-electron chi connectivity index (χ2n) is 5.50. The summed E-state index contributed by atoms with van der Waals surface area (Å²) in [4.78, 5) is 4.26. The molecule has 0 aromatic rings. The number of rotatable bonds is 5. The van der Waals surface area contributed by atoms with E-state index in [1.165, 1.54) is 6.26 Å². The molecule has 0 amide bonds. The molecule has 0 aromatic heterocycles. The Bertz CT molecular complexity index is 425. The second kappa shape index (κ2) is 6.06. The van der Waals surface area contributed by atoms with Gasteiger partial charge >= 0.3 is 0 Å². The molecule has 1 heterocycles. The zero-order chi connectivity index (χ0) is 14.7. The molecule has 8 heteroatoms. The van der Waals surface area contributed by atoms with Crippen molar-refractivity contribution in [1.82, 2.24) is 9.80 Å². The van der Waals surface area contributed by atoms with Crippen LogP contribution in [0, 0.1) is 0 Å². The normalized spacial score (nSPS) is 20.7. The van der Waals surface area contributed by atoms with Crippen LogP contribution in [0.4, 0.5) is 0 Å². The van der Waals surface area contributed by atoms with Gasteiger partial charge < -0.3 is 10.9 Å². The maximum atomic E-state index is 11.1. The van der Waals surface area contributed by atoms with E-state index in [1.54, 1.807) is 0 Å². The number of hydrogen-bond acceptors (Lipinski definition) is 6. The van der Waals surface area contributed by atoms with Crippen LogP contribution in [0.25, 0.3) is 0 Å². The maximum absolute atomic E-state index is 11.1. The highest BCUT2D eigenvalue weighted by molar-refractivity contribution is 7.90. The predicted molar refractivity (Wildman–Crippen MR) is 75.2 cm³/mol. The Morgan fingerprint density at radius 3 is 2.26 bits per heavy atom. The third-order valence-electron chi connectivity index (χ3n) is 3.68. The van der Waals surface area contributed by atoms with Gasteiger partial charge in [0.2, 0.25) is 0 Å². The van der Waals surface area contributed by atoms with E-state index in [9.17, 15) is 8.42 Å². The van der Waals surface area contributed by atoms with Crippen molar-refractivity contribution >= 4 is 15.7 Å². The summed E-state index contributed by atoms with van der Waals surface area (Å²) in [6.45, 7) is 7.51. The van der Waals surface area contributed by atoms with Crippen molar-refractivity contribution in [3.63, 3.8) is 0 Å². The minimum atomic E-state index is -2.91. The molecule has 0 radical (unpaired) electrons. The molecule has 1 aliphatic rings. The quantitative estimate of drug-likeness (QED) is 0.297. The van der Waals surface area contributed by atoms with E-state index in [0.717, 1.165) is 26.2 Å². The van der Waals surface area contributed by atoms with Gasteiger partial charge in [0.1, 0.15) is 9.84 Å². The van der Waals surface area contributed by atoms with Crippen molar-refractivity contribution in [3.05, 3.63) is 0 Å². The third kappa shape index (κ3) is 4.63. The van der Waals surface area contributed by atoms with Crippen LogP contribution in [0.1, 0.15) is 13.8 Å². The van der Waals surface area contributed by atoms with Gasteiger partial charge in [-0.05, 0) is 13.8 Å². The van der Waals surface area contributed by atoms with Crippen LogP contribution in [0.5, 0.6) is 0 Å². The lowest BCUT2D eigenvalue weighted by molar-refractivity contribution is 0.0865. The summed E-state index contributed by atoms with van der Waals surface area (Å²) in [5.74, 6) is 0.383. The van der Waals surface area contributed by atoms with Crippen LogP contribution in [-0.4, -0.2) is 79.5 Å². The van der Waals surface area contributed by atoms with Gasteiger partial charge in [-0.1, -0.05) is 5.16 Å². The average Bonchev–Trinajstić information content (AvgIpc) is 2.35. The Balaban J connectivity index is 2.49. The SMILES string of the molecule is CC(C)(C(N)=NO)N1CCN(CCS(C)(=O)=O)CC1. The molecule has 112 valence electrons. The number of hydrogen-bond donors (Lipinski definition) is 2. The predicted octanol–water partition coefficient (Wildman–Crippen LogP) is -0.826. The summed E-state index contributed by atoms with van der Waals surface area (Å²) in [6, 6.07) is 0. The summed E-state index contributed by atoms with van der Waals surface area (Å²) in [7, 11) is -2.91. The number of sulfone groups is 1. The smallest absolute Gasteiger partial charge is 0.159 e. The molecule has 0 unspecified atom stereocenters. The molecule has 1 aliphatic heterocycles. The van der Waals surface area contributed by atoms with E-state index < -0.39 is 15.4 Å². The summed E-state index contributed by atoms with van der Waals surface area (Å²) < 4.78 is 22.3. The monoisotopic (exact) mass is 292 g/mol. The molecule has 0 saturated carbocycles. The molecule has 0 bridgehead atoms. The molecule has 1 fully saturated rings. The van der Waals surface area contributed by atoms with Gasteiger partial charge in [-0.25, -0.2) is 8.42 Å². The van der Waals surface area contributed by atoms with Gasteiger partial charge in [0.15, 0.2) is 5.84 Å². The molecule has 19 heavy (non-hydrogen) atoms. The molecule has 3 N–H and O–H groups in total. The van der Waals surface area contributed by atoms with Gasteiger partial charge in [0.05, 0.1) is 11.3 Å². The van der Waals surface area contributed by atoms with Crippen molar-refractivity contribution in [2.24, 2.45) is 10.9 Å². The largest absolute Gasteiger partial charge is 0.409 e. The number of piperazine rings is 1. The molecule has 7 nitrogen and oxygen atoms in total. The summed E-state index contributed by atoms with van der Waals surface area (Å²) >= 11 is 0. The first kappa shape index (κ1) is 16.2. The minimum Gasteiger partial charge on any atom is -0.409 e. The van der Waals surface area contributed by atoms with Gasteiger partial charge in [-0.15, -0.1) is 0 Å². The fourth-order valence-electron chi connectivity index (χ4n) is 2.11. The lowest BCUT2D eigenvalue weighted by Gasteiger charge is -2.43. The zero-order valence-electron chi connectivity index (χ0n) is 11.8. The average molecular weight is 292 g/mol. The van der Waals surface area contributed by atoms with Crippen molar-refractivity contribution < 1.29 is 13.6 Å². The Morgan fingerprint density at radius 2 is 1.84 bits per heavy atom. The lowest BCUT2D eigenvalue weighted by Crippen LogP contribution is -2.60. The first-order chi connectivity index (χ1) is 8.66. The van der Waals surface area contributed by atoms with Crippen LogP contribution in [0.15, 0.2) is 5.16 Å². The van der Waals surface area contributed by atoms with Crippen LogP contribution >= 0.6 is 0 Å². The van der Waals surface area contributed by atoms with Crippen LogP contribution in [0.2, 0.25) is 0 Å². The van der Waals surface area contributed by atoms with E-state index in [4.69, 9.17) is 10.9 Å². The van der Waals surface area contributed by atoms with Crippen LogP contribution in [0.3, 0.4) is 0 Å². The number of nitrogens with zero attached hydrogens (tertiary/aromatic N) is 3. The van der Waals surface area contributed by atoms with E-state index in [-0.39, 0.29) is 11.6 Å². The fourth-order valence-corrected chi connectivity index (χ4v) is 2.70. The van der Waals surface area contributed by atoms with Crippen molar-refractivity contribution in [2.45, 2.75) is 19.4 Å². The first-order valence-electron chi connectivity index (χ1n) is 6.30.